The Kier molecular flexibility index (Phi) is 6.82. The smallest absolute Gasteiger partial charge is 0.330 e. The van der Waals surface area contributed by atoms with E-state index >= 15 is 0 Å². The monoisotopic (exact) mass is 471 g/mol. The summed E-state index contributed by atoms with van der Waals surface area (Å²) in [5.74, 6) is -0.406. The molecule has 0 fully saturated rings. The third-order valence-electron chi connectivity index (χ3n) is 6.07. The number of aromatic nitrogens is 3. The Labute approximate surface area is 203 Å². The van der Waals surface area contributed by atoms with E-state index in [-0.39, 0.29) is 18.1 Å². The molecular formula is C27H29N5O3. The van der Waals surface area contributed by atoms with Gasteiger partial charge in [0.25, 0.3) is 11.5 Å². The number of nitrogens with two attached hydrogens (primary N) is 1. The molecule has 0 aliphatic heterocycles. The van der Waals surface area contributed by atoms with Gasteiger partial charge in [-0.2, -0.15) is 0 Å². The first-order valence-electron chi connectivity index (χ1n) is 11.8. The standard InChI is InChI=1S/C27H29N5O3/c1-4-6-15-32-24(28)23(25(33)30-27(32)35)31(5-2)26(34)20-16-22(18-13-11-17(3)12-14-18)29-21-10-8-7-9-19(20)21/h7-14,16H,4-6,15,28H2,1-3H3,(H,30,33,35). The van der Waals surface area contributed by atoms with E-state index in [1.165, 1.54) is 9.47 Å². The number of para-hydroxylation sites is 1. The molecule has 0 radical (unpaired) electrons. The van der Waals surface area contributed by atoms with Crippen LogP contribution in [-0.2, 0) is 6.54 Å². The second-order valence-electron chi connectivity index (χ2n) is 8.49. The highest BCUT2D eigenvalue weighted by Gasteiger charge is 2.26. The van der Waals surface area contributed by atoms with Crippen molar-refractivity contribution in [3.8, 4) is 11.3 Å². The summed E-state index contributed by atoms with van der Waals surface area (Å²) in [5.41, 5.74) is 8.73. The van der Waals surface area contributed by atoms with Gasteiger partial charge >= 0.3 is 5.69 Å². The van der Waals surface area contributed by atoms with Crippen molar-refractivity contribution in [1.29, 1.82) is 0 Å². The van der Waals surface area contributed by atoms with E-state index in [9.17, 15) is 14.4 Å². The first-order chi connectivity index (χ1) is 16.8. The fourth-order valence-corrected chi connectivity index (χ4v) is 4.15. The Morgan fingerprint density at radius 1 is 1.09 bits per heavy atom. The molecular weight excluding hydrogens is 442 g/mol. The van der Waals surface area contributed by atoms with Crippen molar-refractivity contribution >= 4 is 28.3 Å². The minimum absolute atomic E-state index is 0.0143. The van der Waals surface area contributed by atoms with Gasteiger partial charge in [-0.3, -0.25) is 19.1 Å². The number of unbranched alkanes of at least 4 members (excludes halogenated alkanes) is 1. The van der Waals surface area contributed by atoms with E-state index in [0.29, 0.717) is 35.1 Å². The van der Waals surface area contributed by atoms with Crippen LogP contribution < -0.4 is 21.9 Å². The number of amides is 1. The number of carbonyl (C=O) groups is 1. The van der Waals surface area contributed by atoms with Crippen LogP contribution in [0.5, 0.6) is 0 Å². The van der Waals surface area contributed by atoms with Crippen LogP contribution in [0.3, 0.4) is 0 Å². The number of nitrogens with one attached hydrogen (secondary N) is 1. The van der Waals surface area contributed by atoms with Gasteiger partial charge in [0.15, 0.2) is 5.69 Å². The summed E-state index contributed by atoms with van der Waals surface area (Å²) < 4.78 is 1.32. The summed E-state index contributed by atoms with van der Waals surface area (Å²) in [6.07, 6.45) is 1.56. The Bertz CT molecular complexity index is 1500. The zero-order valence-electron chi connectivity index (χ0n) is 20.2. The summed E-state index contributed by atoms with van der Waals surface area (Å²) in [4.78, 5) is 47.6. The molecule has 1 amide bonds. The van der Waals surface area contributed by atoms with Gasteiger partial charge in [-0.25, -0.2) is 9.78 Å². The Balaban J connectivity index is 1.89. The number of carbonyl (C=O) groups excluding carboxylic acids is 1. The van der Waals surface area contributed by atoms with E-state index < -0.39 is 17.2 Å². The van der Waals surface area contributed by atoms with Gasteiger partial charge in [0.2, 0.25) is 0 Å². The number of hydrogen-bond donors (Lipinski definition) is 2. The Morgan fingerprint density at radius 3 is 2.49 bits per heavy atom. The predicted octanol–water partition coefficient (Wildman–Crippen LogP) is 4.11. The van der Waals surface area contributed by atoms with Crippen molar-refractivity contribution in [1.82, 2.24) is 14.5 Å². The highest BCUT2D eigenvalue weighted by molar-refractivity contribution is 6.14. The molecule has 180 valence electrons. The van der Waals surface area contributed by atoms with Gasteiger partial charge in [-0.05, 0) is 32.4 Å². The number of benzene rings is 2. The number of fused-ring (bicyclic) bond motifs is 1. The summed E-state index contributed by atoms with van der Waals surface area (Å²) >= 11 is 0. The lowest BCUT2D eigenvalue weighted by Gasteiger charge is -2.24. The number of nitrogen functional groups attached to an aromatic ring is 1. The highest BCUT2D eigenvalue weighted by Crippen LogP contribution is 2.28. The molecule has 0 atom stereocenters. The topological polar surface area (TPSA) is 114 Å². The van der Waals surface area contributed by atoms with E-state index in [4.69, 9.17) is 10.7 Å². The van der Waals surface area contributed by atoms with Crippen LogP contribution in [0.1, 0.15) is 42.6 Å². The number of nitrogens with zero attached hydrogens (tertiary/aromatic N) is 3. The van der Waals surface area contributed by atoms with Gasteiger partial charge in [-0.15, -0.1) is 0 Å². The first kappa shape index (κ1) is 23.9. The van der Waals surface area contributed by atoms with Crippen molar-refractivity contribution in [2.24, 2.45) is 0 Å². The fourth-order valence-electron chi connectivity index (χ4n) is 4.15. The van der Waals surface area contributed by atoms with E-state index in [0.717, 1.165) is 17.5 Å². The van der Waals surface area contributed by atoms with Crippen molar-refractivity contribution in [2.75, 3.05) is 17.2 Å². The molecule has 0 unspecified atom stereocenters. The van der Waals surface area contributed by atoms with Crippen molar-refractivity contribution in [3.05, 3.63) is 86.6 Å². The maximum absolute atomic E-state index is 13.9. The number of anilines is 2. The minimum atomic E-state index is -0.687. The number of pyridine rings is 1. The third-order valence-corrected chi connectivity index (χ3v) is 6.07. The number of H-pyrrole nitrogens is 1. The van der Waals surface area contributed by atoms with Crippen molar-refractivity contribution in [2.45, 2.75) is 40.2 Å². The average molecular weight is 472 g/mol. The van der Waals surface area contributed by atoms with Gasteiger partial charge < -0.3 is 10.6 Å². The van der Waals surface area contributed by atoms with E-state index in [1.807, 2.05) is 62.4 Å². The molecule has 2 aromatic heterocycles. The summed E-state index contributed by atoms with van der Waals surface area (Å²) in [5, 5.41) is 0.668. The van der Waals surface area contributed by atoms with Crippen LogP contribution in [0, 0.1) is 6.92 Å². The molecule has 4 aromatic rings. The van der Waals surface area contributed by atoms with Crippen molar-refractivity contribution in [3.63, 3.8) is 0 Å². The quantitative estimate of drug-likeness (QED) is 0.421. The maximum Gasteiger partial charge on any atom is 0.330 e. The molecule has 0 spiro atoms. The molecule has 0 aliphatic rings. The molecule has 4 rings (SSSR count). The Hall–Kier alpha value is -4.20. The molecule has 2 aromatic carbocycles. The van der Waals surface area contributed by atoms with Gasteiger partial charge in [0.1, 0.15) is 5.82 Å². The molecule has 35 heavy (non-hydrogen) atoms. The second kappa shape index (κ2) is 9.97. The Morgan fingerprint density at radius 2 is 1.80 bits per heavy atom. The number of rotatable bonds is 7. The van der Waals surface area contributed by atoms with E-state index in [1.54, 1.807) is 13.0 Å². The molecule has 0 saturated carbocycles. The SMILES string of the molecule is CCCCn1c(N)c(N(CC)C(=O)c2cc(-c3ccc(C)cc3)nc3ccccc23)c(=O)[nH]c1=O. The third kappa shape index (κ3) is 4.59. The van der Waals surface area contributed by atoms with Crippen LogP contribution in [0.25, 0.3) is 22.2 Å². The lowest BCUT2D eigenvalue weighted by Crippen LogP contribution is -2.41. The van der Waals surface area contributed by atoms with Gasteiger partial charge in [0.05, 0.1) is 16.8 Å². The van der Waals surface area contributed by atoms with Crippen LogP contribution in [-0.4, -0.2) is 27.0 Å². The molecule has 2 heterocycles. The van der Waals surface area contributed by atoms with Crippen LogP contribution in [0.4, 0.5) is 11.5 Å². The summed E-state index contributed by atoms with van der Waals surface area (Å²) in [6, 6.07) is 17.0. The summed E-state index contributed by atoms with van der Waals surface area (Å²) in [6.45, 7) is 6.31. The number of hydrogen-bond acceptors (Lipinski definition) is 5. The zero-order valence-corrected chi connectivity index (χ0v) is 20.2. The predicted molar refractivity (Wildman–Crippen MR) is 140 cm³/mol. The largest absolute Gasteiger partial charge is 0.383 e. The zero-order chi connectivity index (χ0) is 25.1. The normalized spacial score (nSPS) is 11.1. The van der Waals surface area contributed by atoms with Crippen LogP contribution >= 0.6 is 0 Å². The maximum atomic E-state index is 13.9. The molecule has 0 bridgehead atoms. The summed E-state index contributed by atoms with van der Waals surface area (Å²) in [7, 11) is 0. The molecule has 0 saturated heterocycles. The lowest BCUT2D eigenvalue weighted by atomic mass is 10.0. The second-order valence-corrected chi connectivity index (χ2v) is 8.49. The molecule has 3 N–H and O–H groups in total. The average Bonchev–Trinajstić information content (AvgIpc) is 2.85. The lowest BCUT2D eigenvalue weighted by molar-refractivity contribution is 0.0989. The van der Waals surface area contributed by atoms with Crippen LogP contribution in [0.2, 0.25) is 0 Å². The van der Waals surface area contributed by atoms with Crippen LogP contribution in [0.15, 0.2) is 64.2 Å². The molecule has 0 aliphatic carbocycles. The highest BCUT2D eigenvalue weighted by atomic mass is 16.2. The molecule has 8 heteroatoms. The minimum Gasteiger partial charge on any atom is -0.383 e. The fraction of sp³-hybridized carbons (Fsp3) is 0.259. The van der Waals surface area contributed by atoms with Gasteiger partial charge in [-0.1, -0.05) is 61.4 Å². The first-order valence-corrected chi connectivity index (χ1v) is 11.8. The van der Waals surface area contributed by atoms with E-state index in [2.05, 4.69) is 4.98 Å². The number of aromatic amines is 1. The molecule has 8 nitrogen and oxygen atoms in total. The van der Waals surface area contributed by atoms with Crippen molar-refractivity contribution < 1.29 is 4.79 Å². The van der Waals surface area contributed by atoms with Gasteiger partial charge in [0, 0.05) is 24.0 Å². The number of aryl methyl sites for hydroxylation is 1.